The van der Waals surface area contributed by atoms with Crippen LogP contribution < -0.4 is 0 Å². The van der Waals surface area contributed by atoms with Crippen LogP contribution in [0.5, 0.6) is 0 Å². The lowest BCUT2D eigenvalue weighted by atomic mass is 10.1. The fraction of sp³-hybridized carbons (Fsp3) is 0.333. The Morgan fingerprint density at radius 1 is 1.53 bits per heavy atom. The van der Waals surface area contributed by atoms with Gasteiger partial charge in [-0.25, -0.2) is 12.8 Å². The molecule has 15 heavy (non-hydrogen) atoms. The Morgan fingerprint density at radius 2 is 2.13 bits per heavy atom. The molecule has 1 rings (SSSR count). The van der Waals surface area contributed by atoms with Gasteiger partial charge in [-0.15, -0.1) is 0 Å². The monoisotopic (exact) mass is 296 g/mol. The molecule has 0 amide bonds. The molecule has 0 saturated heterocycles. The Hall–Kier alpha value is -0.460. The molecule has 1 aromatic rings. The van der Waals surface area contributed by atoms with Crippen molar-refractivity contribution in [1.82, 2.24) is 0 Å². The second-order valence-corrected chi connectivity index (χ2v) is 6.37. The minimum atomic E-state index is -3.33. The fourth-order valence-electron chi connectivity index (χ4n) is 1.15. The summed E-state index contributed by atoms with van der Waals surface area (Å²) in [5.41, 5.74) is -0.0187. The van der Waals surface area contributed by atoms with E-state index < -0.39 is 27.5 Å². The van der Waals surface area contributed by atoms with Gasteiger partial charge in [0.2, 0.25) is 0 Å². The van der Waals surface area contributed by atoms with Gasteiger partial charge in [-0.05, 0) is 18.2 Å². The van der Waals surface area contributed by atoms with Crippen LogP contribution in [0.2, 0.25) is 0 Å². The quantitative estimate of drug-likeness (QED) is 0.923. The van der Waals surface area contributed by atoms with Gasteiger partial charge in [0.1, 0.15) is 15.7 Å². The minimum Gasteiger partial charge on any atom is -0.387 e. The standard InChI is InChI=1S/C9H10BrFO3S/c1-15(13,14)5-9(12)7-4-6(10)2-3-8(7)11/h2-4,9,12H,5H2,1H3. The van der Waals surface area contributed by atoms with Crippen LogP contribution in [0.15, 0.2) is 22.7 Å². The van der Waals surface area contributed by atoms with Gasteiger partial charge < -0.3 is 5.11 Å². The van der Waals surface area contributed by atoms with E-state index in [0.29, 0.717) is 4.47 Å². The van der Waals surface area contributed by atoms with Crippen LogP contribution in [0.25, 0.3) is 0 Å². The average Bonchev–Trinajstić information content (AvgIpc) is 2.06. The highest BCUT2D eigenvalue weighted by atomic mass is 79.9. The van der Waals surface area contributed by atoms with Crippen LogP contribution in [0, 0.1) is 5.82 Å². The van der Waals surface area contributed by atoms with Crippen molar-refractivity contribution in [2.24, 2.45) is 0 Å². The van der Waals surface area contributed by atoms with Gasteiger partial charge in [-0.2, -0.15) is 0 Å². The zero-order valence-corrected chi connectivity index (χ0v) is 10.3. The zero-order valence-electron chi connectivity index (χ0n) is 7.94. The highest BCUT2D eigenvalue weighted by molar-refractivity contribution is 9.10. The molecule has 0 heterocycles. The molecule has 3 nitrogen and oxygen atoms in total. The zero-order chi connectivity index (χ0) is 11.6. The molecule has 0 radical (unpaired) electrons. The highest BCUT2D eigenvalue weighted by Crippen LogP contribution is 2.22. The van der Waals surface area contributed by atoms with Crippen molar-refractivity contribution >= 4 is 25.8 Å². The largest absolute Gasteiger partial charge is 0.387 e. The van der Waals surface area contributed by atoms with E-state index in [-0.39, 0.29) is 5.56 Å². The number of hydrogen-bond acceptors (Lipinski definition) is 3. The molecule has 1 N–H and O–H groups in total. The maximum Gasteiger partial charge on any atom is 0.150 e. The van der Waals surface area contributed by atoms with E-state index in [0.717, 1.165) is 6.26 Å². The van der Waals surface area contributed by atoms with Gasteiger partial charge in [-0.1, -0.05) is 15.9 Å². The highest BCUT2D eigenvalue weighted by Gasteiger charge is 2.18. The van der Waals surface area contributed by atoms with Gasteiger partial charge in [0.25, 0.3) is 0 Å². The molecule has 0 bridgehead atoms. The van der Waals surface area contributed by atoms with Gasteiger partial charge in [0, 0.05) is 16.3 Å². The van der Waals surface area contributed by atoms with E-state index in [9.17, 15) is 17.9 Å². The summed E-state index contributed by atoms with van der Waals surface area (Å²) in [6, 6.07) is 4.02. The molecule has 0 aliphatic carbocycles. The third kappa shape index (κ3) is 3.89. The van der Waals surface area contributed by atoms with E-state index in [4.69, 9.17) is 0 Å². The van der Waals surface area contributed by atoms with Crippen molar-refractivity contribution in [3.63, 3.8) is 0 Å². The van der Waals surface area contributed by atoms with Crippen LogP contribution >= 0.6 is 15.9 Å². The summed E-state index contributed by atoms with van der Waals surface area (Å²) in [7, 11) is -3.33. The topological polar surface area (TPSA) is 54.4 Å². The molecule has 0 fully saturated rings. The SMILES string of the molecule is CS(=O)(=O)CC(O)c1cc(Br)ccc1F. The van der Waals surface area contributed by atoms with Crippen LogP contribution in [0.4, 0.5) is 4.39 Å². The van der Waals surface area contributed by atoms with Gasteiger partial charge in [-0.3, -0.25) is 0 Å². The Bertz CT molecular complexity index is 458. The summed E-state index contributed by atoms with van der Waals surface area (Å²) < 4.78 is 35.6. The van der Waals surface area contributed by atoms with Gasteiger partial charge in [0.15, 0.2) is 0 Å². The maximum atomic E-state index is 13.2. The Labute approximate surface area is 96.0 Å². The fourth-order valence-corrected chi connectivity index (χ4v) is 2.28. The maximum absolute atomic E-state index is 13.2. The number of aliphatic hydroxyl groups excluding tert-OH is 1. The Balaban J connectivity index is 3.00. The molecule has 0 aromatic heterocycles. The van der Waals surface area contributed by atoms with Crippen molar-refractivity contribution in [2.75, 3.05) is 12.0 Å². The van der Waals surface area contributed by atoms with E-state index in [1.165, 1.54) is 18.2 Å². The summed E-state index contributed by atoms with van der Waals surface area (Å²) >= 11 is 3.12. The van der Waals surface area contributed by atoms with E-state index >= 15 is 0 Å². The van der Waals surface area contributed by atoms with Crippen LogP contribution in [-0.2, 0) is 9.84 Å². The number of benzene rings is 1. The number of halogens is 2. The first kappa shape index (κ1) is 12.6. The number of aliphatic hydroxyl groups is 1. The van der Waals surface area contributed by atoms with E-state index in [1.807, 2.05) is 0 Å². The summed E-state index contributed by atoms with van der Waals surface area (Å²) in [6.45, 7) is 0. The molecule has 0 aliphatic heterocycles. The third-order valence-corrected chi connectivity index (χ3v) is 3.19. The third-order valence-electron chi connectivity index (χ3n) is 1.78. The predicted molar refractivity (Wildman–Crippen MR) is 58.8 cm³/mol. The number of hydrogen-bond donors (Lipinski definition) is 1. The lowest BCUT2D eigenvalue weighted by Gasteiger charge is -2.10. The molecule has 6 heteroatoms. The van der Waals surface area contributed by atoms with Crippen LogP contribution in [-0.4, -0.2) is 25.5 Å². The molecule has 0 saturated carbocycles. The summed E-state index contributed by atoms with van der Waals surface area (Å²) in [5, 5.41) is 9.52. The average molecular weight is 297 g/mol. The van der Waals surface area contributed by atoms with E-state index in [2.05, 4.69) is 15.9 Å². The van der Waals surface area contributed by atoms with Crippen LogP contribution in [0.3, 0.4) is 0 Å². The number of rotatable bonds is 3. The lowest BCUT2D eigenvalue weighted by molar-refractivity contribution is 0.196. The summed E-state index contributed by atoms with van der Waals surface area (Å²) in [6.07, 6.45) is -0.343. The van der Waals surface area contributed by atoms with Gasteiger partial charge >= 0.3 is 0 Å². The molecule has 1 unspecified atom stereocenters. The molecule has 1 atom stereocenters. The molecule has 0 aliphatic rings. The summed E-state index contributed by atoms with van der Waals surface area (Å²) in [4.78, 5) is 0. The molecular weight excluding hydrogens is 287 g/mol. The second kappa shape index (κ2) is 4.59. The Morgan fingerprint density at radius 3 is 2.67 bits per heavy atom. The first-order valence-electron chi connectivity index (χ1n) is 4.10. The normalized spacial score (nSPS) is 13.9. The molecule has 0 spiro atoms. The second-order valence-electron chi connectivity index (χ2n) is 3.27. The molecule has 1 aromatic carbocycles. The van der Waals surface area contributed by atoms with E-state index in [1.54, 1.807) is 0 Å². The van der Waals surface area contributed by atoms with Crippen molar-refractivity contribution in [3.05, 3.63) is 34.1 Å². The lowest BCUT2D eigenvalue weighted by Crippen LogP contribution is -2.14. The van der Waals surface area contributed by atoms with Gasteiger partial charge in [0.05, 0.1) is 11.9 Å². The van der Waals surface area contributed by atoms with Crippen molar-refractivity contribution in [1.29, 1.82) is 0 Å². The smallest absolute Gasteiger partial charge is 0.150 e. The first-order valence-corrected chi connectivity index (χ1v) is 6.95. The van der Waals surface area contributed by atoms with Crippen LogP contribution in [0.1, 0.15) is 11.7 Å². The van der Waals surface area contributed by atoms with Crippen molar-refractivity contribution in [2.45, 2.75) is 6.10 Å². The van der Waals surface area contributed by atoms with Crippen molar-refractivity contribution in [3.8, 4) is 0 Å². The Kier molecular flexibility index (Phi) is 3.86. The summed E-state index contributed by atoms with van der Waals surface area (Å²) in [5.74, 6) is -1.10. The molecular formula is C9H10BrFO3S. The van der Waals surface area contributed by atoms with Crippen molar-refractivity contribution < 1.29 is 17.9 Å². The minimum absolute atomic E-state index is 0.0187. The first-order chi connectivity index (χ1) is 6.79. The molecule has 84 valence electrons. The predicted octanol–water partition coefficient (Wildman–Crippen LogP) is 1.67. The number of sulfone groups is 1.